The highest BCUT2D eigenvalue weighted by atomic mass is 32.1. The van der Waals surface area contributed by atoms with Gasteiger partial charge < -0.3 is 10.5 Å². The molecule has 0 saturated heterocycles. The lowest BCUT2D eigenvalue weighted by Crippen LogP contribution is -2.21. The summed E-state index contributed by atoms with van der Waals surface area (Å²) < 4.78 is 5.99. The first-order valence-corrected chi connectivity index (χ1v) is 7.06. The van der Waals surface area contributed by atoms with Crippen LogP contribution in [0.1, 0.15) is 43.7 Å². The van der Waals surface area contributed by atoms with Gasteiger partial charge in [0, 0.05) is 5.56 Å². The van der Waals surface area contributed by atoms with Gasteiger partial charge in [-0.15, -0.1) is 0 Å². The van der Waals surface area contributed by atoms with Gasteiger partial charge in [-0.1, -0.05) is 50.2 Å². The highest BCUT2D eigenvalue weighted by Crippen LogP contribution is 2.26. The van der Waals surface area contributed by atoms with Crippen LogP contribution >= 0.6 is 12.2 Å². The molecule has 2 nitrogen and oxygen atoms in total. The number of thiocarbonyl (C=S) groups is 1. The van der Waals surface area contributed by atoms with E-state index in [1.54, 1.807) is 0 Å². The van der Waals surface area contributed by atoms with E-state index in [0.717, 1.165) is 17.0 Å². The molecular formula is C15H21NOS. The maximum Gasteiger partial charge on any atom is 0.103 e. The van der Waals surface area contributed by atoms with Crippen LogP contribution < -0.4 is 5.73 Å². The van der Waals surface area contributed by atoms with Crippen LogP contribution in [0.4, 0.5) is 0 Å². The van der Waals surface area contributed by atoms with E-state index < -0.39 is 0 Å². The van der Waals surface area contributed by atoms with Gasteiger partial charge in [-0.3, -0.25) is 0 Å². The van der Waals surface area contributed by atoms with Crippen LogP contribution in [0.2, 0.25) is 0 Å². The first kappa shape index (κ1) is 13.5. The van der Waals surface area contributed by atoms with E-state index in [9.17, 15) is 0 Å². The summed E-state index contributed by atoms with van der Waals surface area (Å²) in [7, 11) is 0. The lowest BCUT2D eigenvalue weighted by atomic mass is 9.89. The third kappa shape index (κ3) is 3.79. The lowest BCUT2D eigenvalue weighted by molar-refractivity contribution is 0.00467. The van der Waals surface area contributed by atoms with E-state index in [1.807, 2.05) is 18.2 Å². The summed E-state index contributed by atoms with van der Waals surface area (Å²) in [6.45, 7) is 2.97. The Morgan fingerprint density at radius 1 is 1.44 bits per heavy atom. The van der Waals surface area contributed by atoms with Gasteiger partial charge in [0.15, 0.2) is 0 Å². The van der Waals surface area contributed by atoms with Gasteiger partial charge in [0.1, 0.15) is 4.99 Å². The van der Waals surface area contributed by atoms with Crippen LogP contribution in [0.5, 0.6) is 0 Å². The number of benzene rings is 1. The minimum atomic E-state index is 0.419. The maximum atomic E-state index is 5.99. The number of hydrogen-bond donors (Lipinski definition) is 1. The predicted octanol–water partition coefficient (Wildman–Crippen LogP) is 3.42. The van der Waals surface area contributed by atoms with Crippen LogP contribution in [0.25, 0.3) is 0 Å². The molecule has 98 valence electrons. The average molecular weight is 263 g/mol. The second kappa shape index (κ2) is 6.30. The largest absolute Gasteiger partial charge is 0.389 e. The molecule has 2 N–H and O–H groups in total. The van der Waals surface area contributed by atoms with Gasteiger partial charge in [-0.2, -0.15) is 0 Å². The van der Waals surface area contributed by atoms with Gasteiger partial charge in [0.05, 0.1) is 12.7 Å². The standard InChI is InChI=1S/C15H21NOS/c1-11-4-2-7-14(8-11)17-10-12-5-3-6-13(9-12)15(16)18/h3,5-6,9,11,14H,2,4,7-8,10H2,1H3,(H2,16,18). The zero-order valence-electron chi connectivity index (χ0n) is 10.9. The van der Waals surface area contributed by atoms with Crippen molar-refractivity contribution in [3.8, 4) is 0 Å². The molecule has 0 aliphatic heterocycles. The van der Waals surface area contributed by atoms with E-state index in [0.29, 0.717) is 17.7 Å². The minimum Gasteiger partial charge on any atom is -0.389 e. The summed E-state index contributed by atoms with van der Waals surface area (Å²) in [6, 6.07) is 8.01. The van der Waals surface area contributed by atoms with E-state index in [1.165, 1.54) is 25.7 Å². The number of rotatable bonds is 4. The van der Waals surface area contributed by atoms with Gasteiger partial charge in [0.25, 0.3) is 0 Å². The second-order valence-electron chi connectivity index (χ2n) is 5.27. The molecule has 0 spiro atoms. The van der Waals surface area contributed by atoms with Gasteiger partial charge in [-0.25, -0.2) is 0 Å². The van der Waals surface area contributed by atoms with Crippen molar-refractivity contribution in [1.29, 1.82) is 0 Å². The maximum absolute atomic E-state index is 5.99. The van der Waals surface area contributed by atoms with Crippen molar-refractivity contribution in [2.24, 2.45) is 11.7 Å². The number of hydrogen-bond acceptors (Lipinski definition) is 2. The van der Waals surface area contributed by atoms with Crippen LogP contribution in [-0.2, 0) is 11.3 Å². The fraction of sp³-hybridized carbons (Fsp3) is 0.533. The Bertz CT molecular complexity index is 419. The van der Waals surface area contributed by atoms with E-state index >= 15 is 0 Å². The summed E-state index contributed by atoms with van der Waals surface area (Å²) in [5, 5.41) is 0. The molecule has 18 heavy (non-hydrogen) atoms. The molecule has 1 saturated carbocycles. The quantitative estimate of drug-likeness (QED) is 0.845. The molecule has 0 radical (unpaired) electrons. The van der Waals surface area contributed by atoms with Crippen molar-refractivity contribution >= 4 is 17.2 Å². The van der Waals surface area contributed by atoms with Crippen LogP contribution in [0.3, 0.4) is 0 Å². The molecule has 0 bridgehead atoms. The fourth-order valence-corrected chi connectivity index (χ4v) is 2.69. The summed E-state index contributed by atoms with van der Waals surface area (Å²) in [5.41, 5.74) is 7.70. The second-order valence-corrected chi connectivity index (χ2v) is 5.71. The SMILES string of the molecule is CC1CCCC(OCc2cccc(C(N)=S)c2)C1. The highest BCUT2D eigenvalue weighted by molar-refractivity contribution is 7.80. The van der Waals surface area contributed by atoms with Crippen molar-refractivity contribution in [2.75, 3.05) is 0 Å². The molecule has 0 heterocycles. The Hall–Kier alpha value is -0.930. The topological polar surface area (TPSA) is 35.2 Å². The highest BCUT2D eigenvalue weighted by Gasteiger charge is 2.19. The zero-order chi connectivity index (χ0) is 13.0. The van der Waals surface area contributed by atoms with E-state index in [-0.39, 0.29) is 0 Å². The average Bonchev–Trinajstić information content (AvgIpc) is 2.37. The molecule has 2 atom stereocenters. The van der Waals surface area contributed by atoms with Gasteiger partial charge in [0.2, 0.25) is 0 Å². The zero-order valence-corrected chi connectivity index (χ0v) is 11.7. The van der Waals surface area contributed by atoms with E-state index in [4.69, 9.17) is 22.7 Å². The Morgan fingerprint density at radius 2 is 2.28 bits per heavy atom. The van der Waals surface area contributed by atoms with Gasteiger partial charge >= 0.3 is 0 Å². The Morgan fingerprint density at radius 3 is 3.00 bits per heavy atom. The first-order chi connectivity index (χ1) is 8.65. The molecule has 1 fully saturated rings. The lowest BCUT2D eigenvalue weighted by Gasteiger charge is -2.26. The fourth-order valence-electron chi connectivity index (χ4n) is 2.56. The summed E-state index contributed by atoms with van der Waals surface area (Å²) in [5.74, 6) is 0.798. The first-order valence-electron chi connectivity index (χ1n) is 6.65. The molecule has 3 heteroatoms. The molecule has 1 aliphatic carbocycles. The summed E-state index contributed by atoms with van der Waals surface area (Å²) in [6.07, 6.45) is 5.44. The Balaban J connectivity index is 1.89. The Labute approximate surface area is 115 Å². The van der Waals surface area contributed by atoms with Crippen LogP contribution in [-0.4, -0.2) is 11.1 Å². The van der Waals surface area contributed by atoms with Crippen molar-refractivity contribution in [3.05, 3.63) is 35.4 Å². The summed E-state index contributed by atoms with van der Waals surface area (Å²) >= 11 is 4.98. The number of ether oxygens (including phenoxy) is 1. The predicted molar refractivity (Wildman–Crippen MR) is 78.5 cm³/mol. The molecule has 1 aromatic rings. The molecule has 1 aliphatic rings. The Kier molecular flexibility index (Phi) is 4.72. The normalized spacial score (nSPS) is 23.8. The monoisotopic (exact) mass is 263 g/mol. The van der Waals surface area contributed by atoms with E-state index in [2.05, 4.69) is 13.0 Å². The van der Waals surface area contributed by atoms with Gasteiger partial charge in [-0.05, 0) is 30.4 Å². The summed E-state index contributed by atoms with van der Waals surface area (Å²) in [4.78, 5) is 0.447. The molecule has 2 rings (SSSR count). The van der Waals surface area contributed by atoms with Crippen molar-refractivity contribution < 1.29 is 4.74 Å². The number of nitrogens with two attached hydrogens (primary N) is 1. The smallest absolute Gasteiger partial charge is 0.103 e. The van der Waals surface area contributed by atoms with Crippen molar-refractivity contribution in [1.82, 2.24) is 0 Å². The third-order valence-corrected chi connectivity index (χ3v) is 3.82. The van der Waals surface area contributed by atoms with Crippen molar-refractivity contribution in [3.63, 3.8) is 0 Å². The van der Waals surface area contributed by atoms with Crippen LogP contribution in [0, 0.1) is 5.92 Å². The van der Waals surface area contributed by atoms with Crippen molar-refractivity contribution in [2.45, 2.75) is 45.3 Å². The minimum absolute atomic E-state index is 0.419. The molecule has 0 aromatic heterocycles. The van der Waals surface area contributed by atoms with Crippen LogP contribution in [0.15, 0.2) is 24.3 Å². The molecule has 1 aromatic carbocycles. The molecular weight excluding hydrogens is 242 g/mol. The molecule has 2 unspecified atom stereocenters. The third-order valence-electron chi connectivity index (χ3n) is 3.59. The molecule has 0 amide bonds.